The molecule has 1 saturated heterocycles. The van der Waals surface area contributed by atoms with Crippen molar-refractivity contribution < 1.29 is 0 Å². The van der Waals surface area contributed by atoms with Gasteiger partial charge in [0.15, 0.2) is 0 Å². The van der Waals surface area contributed by atoms with Crippen molar-refractivity contribution in [3.63, 3.8) is 0 Å². The summed E-state index contributed by atoms with van der Waals surface area (Å²) in [7, 11) is 2.16. The molecule has 0 radical (unpaired) electrons. The van der Waals surface area contributed by atoms with E-state index in [1.54, 1.807) is 0 Å². The molecule has 0 bridgehead atoms. The third-order valence-electron chi connectivity index (χ3n) is 1.97. The molecule has 0 spiro atoms. The van der Waals surface area contributed by atoms with Gasteiger partial charge in [-0.2, -0.15) is 0 Å². The molecule has 1 aliphatic heterocycles. The summed E-state index contributed by atoms with van der Waals surface area (Å²) in [5.74, 6) is 0. The van der Waals surface area contributed by atoms with Crippen molar-refractivity contribution in [1.29, 1.82) is 0 Å². The van der Waals surface area contributed by atoms with E-state index in [1.807, 2.05) is 0 Å². The van der Waals surface area contributed by atoms with Gasteiger partial charge < -0.3 is 10.2 Å². The Balaban J connectivity index is 2.13. The minimum Gasteiger partial charge on any atom is -0.308 e. The molecule has 0 aromatic rings. The van der Waals surface area contributed by atoms with Gasteiger partial charge in [0.25, 0.3) is 0 Å². The van der Waals surface area contributed by atoms with Gasteiger partial charge in [0.1, 0.15) is 0 Å². The lowest BCUT2D eigenvalue weighted by Gasteiger charge is -2.11. The topological polar surface area (TPSA) is 15.3 Å². The molecule has 1 atom stereocenters. The van der Waals surface area contributed by atoms with Crippen LogP contribution < -0.4 is 5.32 Å². The monoisotopic (exact) mass is 218 g/mol. The molecule has 1 aliphatic rings. The molecular formula is C8H15BrN2. The Hall–Kier alpha value is 0.140. The summed E-state index contributed by atoms with van der Waals surface area (Å²) in [6.07, 6.45) is 1.26. The van der Waals surface area contributed by atoms with Gasteiger partial charge in [0.05, 0.1) is 0 Å². The third kappa shape index (κ3) is 3.36. The van der Waals surface area contributed by atoms with Gasteiger partial charge in [-0.1, -0.05) is 22.5 Å². The second-order valence-electron chi connectivity index (χ2n) is 3.15. The molecule has 1 unspecified atom stereocenters. The summed E-state index contributed by atoms with van der Waals surface area (Å²) >= 11 is 3.33. The van der Waals surface area contributed by atoms with Crippen molar-refractivity contribution >= 4 is 15.9 Å². The van der Waals surface area contributed by atoms with E-state index in [9.17, 15) is 0 Å². The van der Waals surface area contributed by atoms with Crippen molar-refractivity contribution in [1.82, 2.24) is 10.2 Å². The van der Waals surface area contributed by atoms with E-state index in [0.717, 1.165) is 11.0 Å². The fraction of sp³-hybridized carbons (Fsp3) is 0.750. The summed E-state index contributed by atoms with van der Waals surface area (Å²) in [5.41, 5.74) is 0. The first-order chi connectivity index (χ1) is 5.18. The highest BCUT2D eigenvalue weighted by atomic mass is 79.9. The highest BCUT2D eigenvalue weighted by molar-refractivity contribution is 9.11. The zero-order valence-corrected chi connectivity index (χ0v) is 8.52. The standard InChI is InChI=1S/C8H15BrN2/c1-7(9)5-10-8-3-4-11(2)6-8/h8,10H,1,3-6H2,2H3. The van der Waals surface area contributed by atoms with Gasteiger partial charge >= 0.3 is 0 Å². The first kappa shape index (κ1) is 9.23. The van der Waals surface area contributed by atoms with Gasteiger partial charge in [0, 0.05) is 23.6 Å². The highest BCUT2D eigenvalue weighted by Gasteiger charge is 2.17. The maximum Gasteiger partial charge on any atom is 0.0268 e. The Bertz CT molecular complexity index is 147. The van der Waals surface area contributed by atoms with Gasteiger partial charge in [-0.15, -0.1) is 0 Å². The fourth-order valence-corrected chi connectivity index (χ4v) is 1.52. The van der Waals surface area contributed by atoms with Crippen LogP contribution in [0.25, 0.3) is 0 Å². The van der Waals surface area contributed by atoms with Crippen molar-refractivity contribution in [3.8, 4) is 0 Å². The van der Waals surface area contributed by atoms with E-state index in [0.29, 0.717) is 6.04 Å². The quantitative estimate of drug-likeness (QED) is 0.766. The average molecular weight is 219 g/mol. The SMILES string of the molecule is C=C(Br)CNC1CCN(C)C1. The number of hydrogen-bond donors (Lipinski definition) is 1. The van der Waals surface area contributed by atoms with Crippen LogP contribution in [-0.4, -0.2) is 37.6 Å². The van der Waals surface area contributed by atoms with Crippen molar-refractivity contribution in [3.05, 3.63) is 11.1 Å². The maximum absolute atomic E-state index is 3.78. The number of nitrogens with zero attached hydrogens (tertiary/aromatic N) is 1. The lowest BCUT2D eigenvalue weighted by molar-refractivity contribution is 0.401. The summed E-state index contributed by atoms with van der Waals surface area (Å²) < 4.78 is 1.03. The van der Waals surface area contributed by atoms with Crippen LogP contribution in [0.5, 0.6) is 0 Å². The lowest BCUT2D eigenvalue weighted by Crippen LogP contribution is -2.32. The molecule has 1 heterocycles. The molecular weight excluding hydrogens is 204 g/mol. The first-order valence-electron chi connectivity index (χ1n) is 3.93. The fourth-order valence-electron chi connectivity index (χ4n) is 1.36. The van der Waals surface area contributed by atoms with Crippen LogP contribution in [0.3, 0.4) is 0 Å². The Morgan fingerprint density at radius 2 is 2.55 bits per heavy atom. The maximum atomic E-state index is 3.78. The summed E-state index contributed by atoms with van der Waals surface area (Å²) in [4.78, 5) is 2.34. The second kappa shape index (κ2) is 4.24. The molecule has 1 fully saturated rings. The summed E-state index contributed by atoms with van der Waals surface area (Å²) in [5, 5.41) is 3.42. The number of likely N-dealkylation sites (tertiary alicyclic amines) is 1. The van der Waals surface area contributed by atoms with Crippen LogP contribution in [0.15, 0.2) is 11.1 Å². The molecule has 0 amide bonds. The van der Waals surface area contributed by atoms with Crippen LogP contribution in [0.1, 0.15) is 6.42 Å². The van der Waals surface area contributed by atoms with E-state index >= 15 is 0 Å². The predicted molar refractivity (Wildman–Crippen MR) is 52.0 cm³/mol. The zero-order valence-electron chi connectivity index (χ0n) is 6.94. The molecule has 1 N–H and O–H groups in total. The zero-order chi connectivity index (χ0) is 8.27. The Morgan fingerprint density at radius 1 is 1.82 bits per heavy atom. The Morgan fingerprint density at radius 3 is 3.00 bits per heavy atom. The molecule has 1 rings (SSSR count). The highest BCUT2D eigenvalue weighted by Crippen LogP contribution is 2.07. The predicted octanol–water partition coefficient (Wildman–Crippen LogP) is 1.19. The number of rotatable bonds is 3. The molecule has 0 aromatic carbocycles. The van der Waals surface area contributed by atoms with Crippen LogP contribution >= 0.6 is 15.9 Å². The molecule has 0 saturated carbocycles. The van der Waals surface area contributed by atoms with Crippen molar-refractivity contribution in [2.24, 2.45) is 0 Å². The van der Waals surface area contributed by atoms with Crippen LogP contribution in [-0.2, 0) is 0 Å². The summed E-state index contributed by atoms with van der Waals surface area (Å²) in [6.45, 7) is 7.04. The Labute approximate surface area is 76.8 Å². The largest absolute Gasteiger partial charge is 0.308 e. The van der Waals surface area contributed by atoms with Crippen molar-refractivity contribution in [2.75, 3.05) is 26.7 Å². The minimum absolute atomic E-state index is 0.661. The minimum atomic E-state index is 0.661. The number of likely N-dealkylation sites (N-methyl/N-ethyl adjacent to an activating group) is 1. The van der Waals surface area contributed by atoms with Gasteiger partial charge in [-0.25, -0.2) is 0 Å². The van der Waals surface area contributed by atoms with Gasteiger partial charge in [-0.05, 0) is 20.0 Å². The molecule has 2 nitrogen and oxygen atoms in total. The number of nitrogens with one attached hydrogen (secondary N) is 1. The molecule has 3 heteroatoms. The molecule has 11 heavy (non-hydrogen) atoms. The molecule has 64 valence electrons. The van der Waals surface area contributed by atoms with E-state index in [1.165, 1.54) is 19.5 Å². The molecule has 0 aromatic heterocycles. The lowest BCUT2D eigenvalue weighted by atomic mass is 10.2. The van der Waals surface area contributed by atoms with Crippen LogP contribution in [0.2, 0.25) is 0 Å². The third-order valence-corrected chi connectivity index (χ3v) is 2.25. The van der Waals surface area contributed by atoms with Gasteiger partial charge in [0.2, 0.25) is 0 Å². The van der Waals surface area contributed by atoms with E-state index in [4.69, 9.17) is 0 Å². The number of halogens is 1. The molecule has 0 aliphatic carbocycles. The van der Waals surface area contributed by atoms with E-state index in [2.05, 4.69) is 39.8 Å². The average Bonchev–Trinajstić information content (AvgIpc) is 2.31. The Kier molecular flexibility index (Phi) is 3.55. The van der Waals surface area contributed by atoms with Crippen molar-refractivity contribution in [2.45, 2.75) is 12.5 Å². The van der Waals surface area contributed by atoms with E-state index in [-0.39, 0.29) is 0 Å². The van der Waals surface area contributed by atoms with Gasteiger partial charge in [-0.3, -0.25) is 0 Å². The number of hydrogen-bond acceptors (Lipinski definition) is 2. The normalized spacial score (nSPS) is 25.8. The second-order valence-corrected chi connectivity index (χ2v) is 4.27. The van der Waals surface area contributed by atoms with Crippen LogP contribution in [0.4, 0.5) is 0 Å². The summed E-state index contributed by atoms with van der Waals surface area (Å²) in [6, 6.07) is 0.661. The smallest absolute Gasteiger partial charge is 0.0268 e. The first-order valence-corrected chi connectivity index (χ1v) is 4.73. The van der Waals surface area contributed by atoms with E-state index < -0.39 is 0 Å². The van der Waals surface area contributed by atoms with Crippen LogP contribution in [0, 0.1) is 0 Å².